The fraction of sp³-hybridized carbons (Fsp3) is 0.435. The highest BCUT2D eigenvalue weighted by molar-refractivity contribution is 5.95. The monoisotopic (exact) mass is 400 g/mol. The van der Waals surface area contributed by atoms with Crippen molar-refractivity contribution in [2.45, 2.75) is 43.3 Å². The van der Waals surface area contributed by atoms with Crippen molar-refractivity contribution in [3.8, 4) is 0 Å². The van der Waals surface area contributed by atoms with Gasteiger partial charge in [-0.3, -0.25) is 9.69 Å². The third kappa shape index (κ3) is 3.55. The first-order valence-corrected chi connectivity index (χ1v) is 10.1. The van der Waals surface area contributed by atoms with Gasteiger partial charge in [-0.05, 0) is 43.4 Å². The lowest BCUT2D eigenvalue weighted by atomic mass is 9.78. The van der Waals surface area contributed by atoms with E-state index in [4.69, 9.17) is 4.74 Å². The molecule has 4 nitrogen and oxygen atoms in total. The molecule has 1 amide bonds. The van der Waals surface area contributed by atoms with E-state index in [0.29, 0.717) is 12.6 Å². The number of benzene rings is 2. The second-order valence-electron chi connectivity index (χ2n) is 7.93. The lowest BCUT2D eigenvalue weighted by molar-refractivity contribution is 0.0634. The molecule has 0 aliphatic carbocycles. The molecule has 4 rings (SSSR count). The number of hydrogen-bond donors (Lipinski definition) is 1. The fourth-order valence-electron chi connectivity index (χ4n) is 5.21. The van der Waals surface area contributed by atoms with Gasteiger partial charge in [-0.15, -0.1) is 0 Å². The summed E-state index contributed by atoms with van der Waals surface area (Å²) in [7, 11) is 1.68. The van der Waals surface area contributed by atoms with Crippen LogP contribution in [0.5, 0.6) is 0 Å². The maximum Gasteiger partial charge on any atom is 0.257 e. The molecule has 0 radical (unpaired) electrons. The summed E-state index contributed by atoms with van der Waals surface area (Å²) in [5, 5.41) is 3.00. The van der Waals surface area contributed by atoms with Gasteiger partial charge in [-0.1, -0.05) is 36.4 Å². The van der Waals surface area contributed by atoms with Crippen LogP contribution in [-0.2, 0) is 4.74 Å². The third-order valence-corrected chi connectivity index (χ3v) is 6.51. The number of rotatable bonds is 7. The Hall–Kier alpha value is -2.31. The zero-order chi connectivity index (χ0) is 20.4. The number of fused-ring (bicyclic) bond motifs is 2. The van der Waals surface area contributed by atoms with E-state index in [1.165, 1.54) is 6.07 Å². The first-order chi connectivity index (χ1) is 14.1. The molecule has 2 fully saturated rings. The predicted molar refractivity (Wildman–Crippen MR) is 107 cm³/mol. The molecule has 2 heterocycles. The van der Waals surface area contributed by atoms with Crippen LogP contribution in [0.1, 0.15) is 47.6 Å². The maximum atomic E-state index is 14.2. The Balaban J connectivity index is 1.71. The van der Waals surface area contributed by atoms with Crippen molar-refractivity contribution in [2.24, 2.45) is 0 Å². The molecule has 29 heavy (non-hydrogen) atoms. The number of halogens is 2. The first kappa shape index (κ1) is 20.0. The van der Waals surface area contributed by atoms with E-state index in [1.54, 1.807) is 7.11 Å². The zero-order valence-electron chi connectivity index (χ0n) is 16.5. The van der Waals surface area contributed by atoms with Crippen LogP contribution in [0.25, 0.3) is 0 Å². The molecule has 2 aromatic carbocycles. The summed E-state index contributed by atoms with van der Waals surface area (Å²) in [6.45, 7) is 1.38. The highest BCUT2D eigenvalue weighted by Crippen LogP contribution is 2.52. The van der Waals surface area contributed by atoms with Crippen LogP contribution >= 0.6 is 0 Å². The summed E-state index contributed by atoms with van der Waals surface area (Å²) in [6.07, 6.45) is 3.97. The maximum absolute atomic E-state index is 14.2. The molecule has 0 spiro atoms. The summed E-state index contributed by atoms with van der Waals surface area (Å²) in [5.41, 5.74) is 0.144. The minimum Gasteiger partial charge on any atom is -0.383 e. The topological polar surface area (TPSA) is 41.6 Å². The molecule has 2 saturated heterocycles. The van der Waals surface area contributed by atoms with Gasteiger partial charge >= 0.3 is 0 Å². The zero-order valence-corrected chi connectivity index (χ0v) is 16.5. The molecule has 1 N–H and O–H groups in total. The number of nitrogens with one attached hydrogen (secondary N) is 1. The number of carbonyl (C=O) groups is 1. The molecular formula is C23H26F2N2O2. The van der Waals surface area contributed by atoms with Crippen molar-refractivity contribution in [1.29, 1.82) is 0 Å². The second-order valence-corrected chi connectivity index (χ2v) is 7.93. The van der Waals surface area contributed by atoms with E-state index in [2.05, 4.69) is 10.2 Å². The summed E-state index contributed by atoms with van der Waals surface area (Å²) in [6, 6.07) is 13.3. The fourth-order valence-corrected chi connectivity index (χ4v) is 5.21. The Morgan fingerprint density at radius 3 is 2.41 bits per heavy atom. The van der Waals surface area contributed by atoms with Crippen molar-refractivity contribution in [2.75, 3.05) is 20.3 Å². The Morgan fingerprint density at radius 2 is 1.79 bits per heavy atom. The van der Waals surface area contributed by atoms with Crippen LogP contribution in [0.4, 0.5) is 8.78 Å². The average Bonchev–Trinajstić information content (AvgIpc) is 3.26. The van der Waals surface area contributed by atoms with Gasteiger partial charge in [0, 0.05) is 25.2 Å². The van der Waals surface area contributed by atoms with Gasteiger partial charge in [-0.2, -0.15) is 0 Å². The highest BCUT2D eigenvalue weighted by atomic mass is 19.1. The Kier molecular flexibility index (Phi) is 5.65. The van der Waals surface area contributed by atoms with Gasteiger partial charge < -0.3 is 10.1 Å². The smallest absolute Gasteiger partial charge is 0.257 e. The van der Waals surface area contributed by atoms with E-state index < -0.39 is 23.1 Å². The standard InChI is InChI=1S/C23H26F2N2O2/c1-29-15-14-27-17-10-12-23(27,13-11-17)21(16-6-3-2-4-7-16)26-22(28)20-18(24)8-5-9-19(20)25/h2-9,17,21H,10-15H2,1H3,(H,26,28)/t17?,21-,23?/m1/s1. The van der Waals surface area contributed by atoms with Crippen LogP contribution in [-0.4, -0.2) is 42.6 Å². The van der Waals surface area contributed by atoms with Gasteiger partial charge in [0.25, 0.3) is 5.91 Å². The van der Waals surface area contributed by atoms with Gasteiger partial charge in [0.05, 0.1) is 12.6 Å². The van der Waals surface area contributed by atoms with E-state index in [-0.39, 0.29) is 11.6 Å². The number of amides is 1. The van der Waals surface area contributed by atoms with Gasteiger partial charge in [0.15, 0.2) is 0 Å². The Morgan fingerprint density at radius 1 is 1.14 bits per heavy atom. The molecule has 0 unspecified atom stereocenters. The predicted octanol–water partition coefficient (Wildman–Crippen LogP) is 4.08. The molecule has 2 bridgehead atoms. The lowest BCUT2D eigenvalue weighted by Gasteiger charge is -2.42. The largest absolute Gasteiger partial charge is 0.383 e. The normalized spacial score (nSPS) is 24.6. The van der Waals surface area contributed by atoms with Crippen molar-refractivity contribution in [3.63, 3.8) is 0 Å². The van der Waals surface area contributed by atoms with Gasteiger partial charge in [-0.25, -0.2) is 8.78 Å². The molecular weight excluding hydrogens is 374 g/mol. The first-order valence-electron chi connectivity index (χ1n) is 10.1. The average molecular weight is 400 g/mol. The van der Waals surface area contributed by atoms with Gasteiger partial charge in [0.1, 0.15) is 17.2 Å². The summed E-state index contributed by atoms with van der Waals surface area (Å²) >= 11 is 0. The van der Waals surface area contributed by atoms with E-state index in [0.717, 1.165) is 49.9 Å². The van der Waals surface area contributed by atoms with E-state index >= 15 is 0 Å². The molecule has 0 aromatic heterocycles. The molecule has 154 valence electrons. The van der Waals surface area contributed by atoms with Crippen LogP contribution in [0.2, 0.25) is 0 Å². The van der Waals surface area contributed by atoms with E-state index in [9.17, 15) is 13.6 Å². The molecule has 2 aromatic rings. The third-order valence-electron chi connectivity index (χ3n) is 6.51. The Bertz CT molecular complexity index is 846. The second kappa shape index (κ2) is 8.20. The van der Waals surface area contributed by atoms with Crippen LogP contribution in [0.15, 0.2) is 48.5 Å². The van der Waals surface area contributed by atoms with Crippen molar-refractivity contribution < 1.29 is 18.3 Å². The molecule has 2 aliphatic heterocycles. The SMILES string of the molecule is COCCN1C2CCC1([C@H](NC(=O)c1c(F)cccc1F)c1ccccc1)CC2. The Labute approximate surface area is 169 Å². The van der Waals surface area contributed by atoms with Crippen molar-refractivity contribution in [3.05, 3.63) is 71.3 Å². The lowest BCUT2D eigenvalue weighted by Crippen LogP contribution is -2.53. The van der Waals surface area contributed by atoms with Crippen LogP contribution in [0.3, 0.4) is 0 Å². The molecule has 2 aliphatic rings. The number of hydrogen-bond acceptors (Lipinski definition) is 3. The number of carbonyl (C=O) groups excluding carboxylic acids is 1. The molecule has 1 atom stereocenters. The number of methoxy groups -OCH3 is 1. The van der Waals surface area contributed by atoms with Crippen molar-refractivity contribution in [1.82, 2.24) is 10.2 Å². The number of ether oxygens (including phenoxy) is 1. The molecule has 6 heteroatoms. The van der Waals surface area contributed by atoms with Crippen molar-refractivity contribution >= 4 is 5.91 Å². The molecule has 0 saturated carbocycles. The van der Waals surface area contributed by atoms with E-state index in [1.807, 2.05) is 30.3 Å². The number of nitrogens with zero attached hydrogens (tertiary/aromatic N) is 1. The van der Waals surface area contributed by atoms with Crippen LogP contribution < -0.4 is 5.32 Å². The van der Waals surface area contributed by atoms with Gasteiger partial charge in [0.2, 0.25) is 0 Å². The minimum absolute atomic E-state index is 0.276. The summed E-state index contributed by atoms with van der Waals surface area (Å²) in [4.78, 5) is 15.4. The quantitative estimate of drug-likeness (QED) is 0.762. The summed E-state index contributed by atoms with van der Waals surface area (Å²) < 4.78 is 33.8. The van der Waals surface area contributed by atoms with Crippen LogP contribution in [0, 0.1) is 11.6 Å². The minimum atomic E-state index is -0.848. The highest BCUT2D eigenvalue weighted by Gasteiger charge is 2.56. The summed E-state index contributed by atoms with van der Waals surface area (Å²) in [5.74, 6) is -2.41.